The van der Waals surface area contributed by atoms with E-state index >= 15 is 0 Å². The number of carbonyl (C=O) groups is 1. The summed E-state index contributed by atoms with van der Waals surface area (Å²) < 4.78 is 6.14. The Morgan fingerprint density at radius 1 is 1.27 bits per heavy atom. The highest BCUT2D eigenvalue weighted by Gasteiger charge is 2.49. The lowest BCUT2D eigenvalue weighted by Gasteiger charge is -2.37. The topological polar surface area (TPSA) is 26.3 Å². The average Bonchev–Trinajstić information content (AvgIpc) is 2.97. The van der Waals surface area contributed by atoms with Gasteiger partial charge in [0.25, 0.3) is 0 Å². The maximum Gasteiger partial charge on any atom is 0.344 e. The first-order chi connectivity index (χ1) is 12.4. The van der Waals surface area contributed by atoms with E-state index in [0.717, 1.165) is 25.4 Å². The van der Waals surface area contributed by atoms with Crippen LogP contribution in [-0.4, -0.2) is 24.4 Å². The second-order valence-electron chi connectivity index (χ2n) is 8.71. The van der Waals surface area contributed by atoms with Crippen LogP contribution in [0.5, 0.6) is 0 Å². The van der Waals surface area contributed by atoms with Crippen molar-refractivity contribution in [2.45, 2.75) is 59.0 Å². The van der Waals surface area contributed by atoms with Crippen LogP contribution in [0.3, 0.4) is 0 Å². The highest BCUT2D eigenvalue weighted by molar-refractivity contribution is 7.87. The van der Waals surface area contributed by atoms with Crippen LogP contribution in [0.4, 0.5) is 0 Å². The number of ether oxygens (including phenoxy) is 1. The highest BCUT2D eigenvalue weighted by atomic mass is 31.2. The first kappa shape index (κ1) is 19.6. The minimum absolute atomic E-state index is 0.00925. The summed E-state index contributed by atoms with van der Waals surface area (Å²) in [6.45, 7) is 11.2. The molecule has 1 heterocycles. The molecule has 0 N–H and O–H groups in total. The number of hydrogen-bond donors (Lipinski definition) is 0. The standard InChI is InChI=1S/C23H34O2P/c1-17(2)21-13-12-18(3)15-22(21)25-23(24)16-26(14-8-9-19(26)4)20-10-6-5-7-11-20/h5-7,10-11,17-18,21-22H,4,8-9,12-16H2,1-3H3/q+1. The van der Waals surface area contributed by atoms with Gasteiger partial charge in [-0.25, -0.2) is 4.79 Å². The summed E-state index contributed by atoms with van der Waals surface area (Å²) in [6.07, 6.45) is 7.43. The Morgan fingerprint density at radius 3 is 2.62 bits per heavy atom. The molecule has 0 aromatic heterocycles. The van der Waals surface area contributed by atoms with Gasteiger partial charge in [-0.3, -0.25) is 0 Å². The van der Waals surface area contributed by atoms with Gasteiger partial charge < -0.3 is 4.74 Å². The van der Waals surface area contributed by atoms with Gasteiger partial charge in [0.05, 0.1) is 24.0 Å². The van der Waals surface area contributed by atoms with Gasteiger partial charge in [-0.1, -0.05) is 52.0 Å². The van der Waals surface area contributed by atoms with Crippen molar-refractivity contribution in [3.63, 3.8) is 0 Å². The molecule has 1 aromatic carbocycles. The zero-order valence-corrected chi connectivity index (χ0v) is 17.5. The van der Waals surface area contributed by atoms with Crippen LogP contribution in [0.25, 0.3) is 0 Å². The molecule has 1 aliphatic heterocycles. The molecule has 4 unspecified atom stereocenters. The fourth-order valence-electron chi connectivity index (χ4n) is 4.91. The van der Waals surface area contributed by atoms with Crippen molar-refractivity contribution < 1.29 is 9.53 Å². The molecule has 3 rings (SSSR count). The fraction of sp³-hybridized carbons (Fsp3) is 0.609. The number of benzene rings is 1. The second-order valence-corrected chi connectivity index (χ2v) is 12.6. The monoisotopic (exact) mass is 373 g/mol. The summed E-state index contributed by atoms with van der Waals surface area (Å²) in [5.41, 5.74) is 0. The Balaban J connectivity index is 1.75. The summed E-state index contributed by atoms with van der Waals surface area (Å²) in [4.78, 5) is 13.0. The quantitative estimate of drug-likeness (QED) is 0.493. The summed E-state index contributed by atoms with van der Waals surface area (Å²) >= 11 is 0. The number of allylic oxidation sites excluding steroid dienone is 1. The summed E-state index contributed by atoms with van der Waals surface area (Å²) in [5, 5.41) is 2.63. The molecule has 142 valence electrons. The first-order valence-corrected chi connectivity index (χ1v) is 12.4. The van der Waals surface area contributed by atoms with Crippen LogP contribution in [0.2, 0.25) is 0 Å². The number of hydrogen-bond acceptors (Lipinski definition) is 2. The van der Waals surface area contributed by atoms with Crippen LogP contribution in [0.15, 0.2) is 42.2 Å². The van der Waals surface area contributed by atoms with Gasteiger partial charge in [-0.2, -0.15) is 0 Å². The van der Waals surface area contributed by atoms with Crippen molar-refractivity contribution in [2.75, 3.05) is 12.3 Å². The summed E-state index contributed by atoms with van der Waals surface area (Å²) in [7, 11) is -1.64. The van der Waals surface area contributed by atoms with E-state index in [1.54, 1.807) is 0 Å². The minimum atomic E-state index is -1.64. The van der Waals surface area contributed by atoms with Crippen LogP contribution >= 0.6 is 7.26 Å². The second kappa shape index (κ2) is 8.26. The van der Waals surface area contributed by atoms with E-state index in [9.17, 15) is 4.79 Å². The molecule has 1 saturated carbocycles. The fourth-order valence-corrected chi connectivity index (χ4v) is 8.96. The Hall–Kier alpha value is -1.14. The molecule has 2 aliphatic rings. The van der Waals surface area contributed by atoms with Crippen molar-refractivity contribution >= 4 is 18.5 Å². The summed E-state index contributed by atoms with van der Waals surface area (Å²) in [5.74, 6) is 1.74. The third-order valence-corrected chi connectivity index (χ3v) is 11.1. The molecule has 26 heavy (non-hydrogen) atoms. The van der Waals surface area contributed by atoms with Crippen molar-refractivity contribution in [2.24, 2.45) is 17.8 Å². The molecular weight excluding hydrogens is 339 g/mol. The number of carbonyl (C=O) groups excluding carboxylic acids is 1. The van der Waals surface area contributed by atoms with Crippen molar-refractivity contribution in [1.29, 1.82) is 0 Å². The largest absolute Gasteiger partial charge is 0.459 e. The molecule has 0 radical (unpaired) electrons. The molecule has 0 spiro atoms. The van der Waals surface area contributed by atoms with Crippen LogP contribution in [0.1, 0.15) is 52.9 Å². The van der Waals surface area contributed by atoms with Gasteiger partial charge in [0.2, 0.25) is 0 Å². The van der Waals surface area contributed by atoms with Gasteiger partial charge in [0, 0.05) is 6.42 Å². The Bertz CT molecular complexity index is 639. The zero-order chi connectivity index (χ0) is 18.7. The lowest BCUT2D eigenvalue weighted by Crippen LogP contribution is -2.37. The molecule has 1 aromatic rings. The van der Waals surface area contributed by atoms with Crippen LogP contribution < -0.4 is 5.30 Å². The first-order valence-electron chi connectivity index (χ1n) is 10.2. The molecule has 0 amide bonds. The zero-order valence-electron chi connectivity index (χ0n) is 16.6. The van der Waals surface area contributed by atoms with Crippen molar-refractivity contribution in [3.8, 4) is 0 Å². The van der Waals surface area contributed by atoms with Gasteiger partial charge in [0.1, 0.15) is 6.10 Å². The lowest BCUT2D eigenvalue weighted by molar-refractivity contribution is -0.152. The van der Waals surface area contributed by atoms with Gasteiger partial charge in [0.15, 0.2) is 6.16 Å². The molecule has 1 aliphatic carbocycles. The molecule has 0 bridgehead atoms. The predicted octanol–water partition coefficient (Wildman–Crippen LogP) is 5.64. The minimum Gasteiger partial charge on any atom is -0.459 e. The molecule has 2 nitrogen and oxygen atoms in total. The van der Waals surface area contributed by atoms with E-state index in [2.05, 4.69) is 51.6 Å². The van der Waals surface area contributed by atoms with E-state index < -0.39 is 7.26 Å². The SMILES string of the molecule is C=C1CCC[P+]1(CC(=O)OC1CC(C)CCC1C(C)C)c1ccccc1. The van der Waals surface area contributed by atoms with E-state index in [0.29, 0.717) is 23.9 Å². The third kappa shape index (κ3) is 4.06. The smallest absolute Gasteiger partial charge is 0.344 e. The molecule has 1 saturated heterocycles. The van der Waals surface area contributed by atoms with Gasteiger partial charge in [-0.05, 0) is 49.1 Å². The van der Waals surface area contributed by atoms with Crippen molar-refractivity contribution in [1.82, 2.24) is 0 Å². The Labute approximate surface area is 159 Å². The van der Waals surface area contributed by atoms with E-state index in [1.165, 1.54) is 23.5 Å². The predicted molar refractivity (Wildman–Crippen MR) is 112 cm³/mol. The Morgan fingerprint density at radius 2 is 2.00 bits per heavy atom. The molecule has 4 atom stereocenters. The Kier molecular flexibility index (Phi) is 6.23. The lowest BCUT2D eigenvalue weighted by atomic mass is 9.75. The maximum atomic E-state index is 13.0. The third-order valence-electron chi connectivity index (χ3n) is 6.50. The molecule has 3 heteroatoms. The van der Waals surface area contributed by atoms with E-state index in [1.807, 2.05) is 6.07 Å². The van der Waals surface area contributed by atoms with E-state index in [4.69, 9.17) is 4.74 Å². The van der Waals surface area contributed by atoms with Crippen LogP contribution in [-0.2, 0) is 9.53 Å². The highest BCUT2D eigenvalue weighted by Crippen LogP contribution is 2.69. The number of esters is 1. The van der Waals surface area contributed by atoms with Gasteiger partial charge >= 0.3 is 5.97 Å². The molecule has 2 fully saturated rings. The number of rotatable bonds is 5. The average molecular weight is 373 g/mol. The van der Waals surface area contributed by atoms with Crippen LogP contribution in [0, 0.1) is 17.8 Å². The normalized spacial score (nSPS) is 32.0. The van der Waals surface area contributed by atoms with E-state index in [-0.39, 0.29) is 12.1 Å². The maximum absolute atomic E-state index is 13.0. The van der Waals surface area contributed by atoms with Gasteiger partial charge in [-0.15, -0.1) is 0 Å². The van der Waals surface area contributed by atoms with Crippen molar-refractivity contribution in [3.05, 3.63) is 42.2 Å². The summed E-state index contributed by atoms with van der Waals surface area (Å²) in [6, 6.07) is 10.6. The molecular formula is C23H34O2P+.